The van der Waals surface area contributed by atoms with Gasteiger partial charge in [0.25, 0.3) is 5.69 Å². The topological polar surface area (TPSA) is 96.8 Å². The standard InChI is InChI=1S/C9H13N5O2/c1-13(2)9(10)12-11-7-3-5-8(6-4-7)14(15)16/h3-6,11H,1-2H3,(H2,10,12). The first kappa shape index (κ1) is 11.8. The van der Waals surface area contributed by atoms with Crippen LogP contribution >= 0.6 is 0 Å². The fraction of sp³-hybridized carbons (Fsp3) is 0.222. The molecule has 1 aromatic rings. The molecule has 0 saturated heterocycles. The number of nitro benzene ring substituents is 1. The fourth-order valence-corrected chi connectivity index (χ4v) is 0.880. The molecule has 86 valence electrons. The van der Waals surface area contributed by atoms with Crippen LogP contribution in [-0.2, 0) is 0 Å². The molecule has 0 aliphatic carbocycles. The number of hydrogen-bond acceptors (Lipinski definition) is 4. The van der Waals surface area contributed by atoms with E-state index in [0.29, 0.717) is 11.6 Å². The number of nitrogens with one attached hydrogen (secondary N) is 1. The Hall–Kier alpha value is -2.31. The lowest BCUT2D eigenvalue weighted by Gasteiger charge is -2.10. The molecule has 0 radical (unpaired) electrons. The molecule has 0 heterocycles. The van der Waals surface area contributed by atoms with Gasteiger partial charge in [-0.1, -0.05) is 0 Å². The van der Waals surface area contributed by atoms with Crippen LogP contribution in [0.4, 0.5) is 11.4 Å². The minimum Gasteiger partial charge on any atom is -0.368 e. The molecule has 1 aromatic carbocycles. The monoisotopic (exact) mass is 223 g/mol. The zero-order valence-electron chi connectivity index (χ0n) is 9.04. The van der Waals surface area contributed by atoms with Crippen LogP contribution in [0, 0.1) is 10.1 Å². The van der Waals surface area contributed by atoms with Gasteiger partial charge in [0.05, 0.1) is 10.6 Å². The summed E-state index contributed by atoms with van der Waals surface area (Å²) in [7, 11) is 3.52. The van der Waals surface area contributed by atoms with Crippen LogP contribution in [0.1, 0.15) is 0 Å². The van der Waals surface area contributed by atoms with Gasteiger partial charge in [-0.3, -0.25) is 15.5 Å². The van der Waals surface area contributed by atoms with Crippen LogP contribution in [-0.4, -0.2) is 29.9 Å². The van der Waals surface area contributed by atoms with E-state index < -0.39 is 4.92 Å². The molecule has 0 saturated carbocycles. The van der Waals surface area contributed by atoms with Crippen molar-refractivity contribution < 1.29 is 4.92 Å². The molecular weight excluding hydrogens is 210 g/mol. The molecule has 0 atom stereocenters. The Morgan fingerprint density at radius 2 is 2.00 bits per heavy atom. The summed E-state index contributed by atoms with van der Waals surface area (Å²) < 4.78 is 0. The van der Waals surface area contributed by atoms with Crippen molar-refractivity contribution in [2.24, 2.45) is 10.8 Å². The third-order valence-corrected chi connectivity index (χ3v) is 1.84. The van der Waals surface area contributed by atoms with Crippen LogP contribution in [0.25, 0.3) is 0 Å². The lowest BCUT2D eigenvalue weighted by molar-refractivity contribution is -0.384. The molecule has 0 aliphatic rings. The molecular formula is C9H13N5O2. The lowest BCUT2D eigenvalue weighted by atomic mass is 10.3. The Balaban J connectivity index is 2.69. The second-order valence-corrected chi connectivity index (χ2v) is 3.28. The highest BCUT2D eigenvalue weighted by atomic mass is 16.6. The van der Waals surface area contributed by atoms with Gasteiger partial charge in [-0.2, -0.15) is 0 Å². The lowest BCUT2D eigenvalue weighted by Crippen LogP contribution is -2.31. The maximum atomic E-state index is 10.4. The van der Waals surface area contributed by atoms with Gasteiger partial charge >= 0.3 is 0 Å². The quantitative estimate of drug-likeness (QED) is 0.342. The van der Waals surface area contributed by atoms with Crippen molar-refractivity contribution >= 4 is 17.3 Å². The highest BCUT2D eigenvalue weighted by Crippen LogP contribution is 2.15. The average molecular weight is 223 g/mol. The molecule has 1 rings (SSSR count). The van der Waals surface area contributed by atoms with Crippen molar-refractivity contribution in [2.75, 3.05) is 19.5 Å². The first-order chi connectivity index (χ1) is 7.50. The molecule has 7 nitrogen and oxygen atoms in total. The van der Waals surface area contributed by atoms with Crippen LogP contribution in [0.2, 0.25) is 0 Å². The van der Waals surface area contributed by atoms with E-state index in [1.54, 1.807) is 31.1 Å². The Morgan fingerprint density at radius 3 is 2.44 bits per heavy atom. The van der Waals surface area contributed by atoms with Gasteiger partial charge in [0, 0.05) is 26.2 Å². The van der Waals surface area contributed by atoms with Gasteiger partial charge in [0.15, 0.2) is 0 Å². The predicted octanol–water partition coefficient (Wildman–Crippen LogP) is 0.798. The Labute approximate surface area is 92.7 Å². The van der Waals surface area contributed by atoms with Gasteiger partial charge in [-0.05, 0) is 12.1 Å². The average Bonchev–Trinajstić information content (AvgIpc) is 2.26. The number of hydrazone groups is 1. The van der Waals surface area contributed by atoms with Crippen LogP contribution < -0.4 is 11.2 Å². The first-order valence-corrected chi connectivity index (χ1v) is 4.51. The van der Waals surface area contributed by atoms with Crippen LogP contribution in [0.15, 0.2) is 29.4 Å². The van der Waals surface area contributed by atoms with Crippen LogP contribution in [0.3, 0.4) is 0 Å². The van der Waals surface area contributed by atoms with Crippen molar-refractivity contribution in [1.29, 1.82) is 0 Å². The molecule has 0 bridgehead atoms. The van der Waals surface area contributed by atoms with Crippen molar-refractivity contribution in [3.63, 3.8) is 0 Å². The molecule has 0 aromatic heterocycles. The maximum absolute atomic E-state index is 10.4. The Bertz CT molecular complexity index is 399. The summed E-state index contributed by atoms with van der Waals surface area (Å²) in [5, 5.41) is 14.3. The van der Waals surface area contributed by atoms with Crippen LogP contribution in [0.5, 0.6) is 0 Å². The molecule has 0 unspecified atom stereocenters. The van der Waals surface area contributed by atoms with Crippen molar-refractivity contribution in [2.45, 2.75) is 0 Å². The van der Waals surface area contributed by atoms with Gasteiger partial charge in [-0.15, -0.1) is 5.10 Å². The predicted molar refractivity (Wildman–Crippen MR) is 62.0 cm³/mol. The second-order valence-electron chi connectivity index (χ2n) is 3.28. The summed E-state index contributed by atoms with van der Waals surface area (Å²) in [4.78, 5) is 11.6. The van der Waals surface area contributed by atoms with Gasteiger partial charge in [0.2, 0.25) is 5.96 Å². The zero-order valence-corrected chi connectivity index (χ0v) is 9.04. The summed E-state index contributed by atoms with van der Waals surface area (Å²) in [5.74, 6) is 0.318. The minimum absolute atomic E-state index is 0.0371. The van der Waals surface area contributed by atoms with E-state index in [4.69, 9.17) is 5.73 Å². The molecule has 7 heteroatoms. The summed E-state index contributed by atoms with van der Waals surface area (Å²) in [5.41, 5.74) is 8.91. The van der Waals surface area contributed by atoms with E-state index in [1.165, 1.54) is 12.1 Å². The minimum atomic E-state index is -0.457. The number of anilines is 1. The van der Waals surface area contributed by atoms with Crippen molar-refractivity contribution in [1.82, 2.24) is 4.90 Å². The Kier molecular flexibility index (Phi) is 3.65. The number of benzene rings is 1. The molecule has 0 amide bonds. The van der Waals surface area contributed by atoms with Crippen molar-refractivity contribution in [3.8, 4) is 0 Å². The number of rotatable bonds is 3. The summed E-state index contributed by atoms with van der Waals surface area (Å²) in [6.07, 6.45) is 0. The maximum Gasteiger partial charge on any atom is 0.269 e. The number of nitro groups is 1. The van der Waals surface area contributed by atoms with Gasteiger partial charge in [-0.25, -0.2) is 0 Å². The molecule has 16 heavy (non-hydrogen) atoms. The largest absolute Gasteiger partial charge is 0.368 e. The molecule has 0 spiro atoms. The normalized spacial score (nSPS) is 11.0. The van der Waals surface area contributed by atoms with E-state index in [1.807, 2.05) is 0 Å². The molecule has 0 aliphatic heterocycles. The second kappa shape index (κ2) is 4.96. The highest BCUT2D eigenvalue weighted by molar-refractivity contribution is 5.78. The van der Waals surface area contributed by atoms with E-state index in [0.717, 1.165) is 0 Å². The molecule has 0 fully saturated rings. The molecule has 3 N–H and O–H groups in total. The smallest absolute Gasteiger partial charge is 0.269 e. The first-order valence-electron chi connectivity index (χ1n) is 4.51. The van der Waals surface area contributed by atoms with Crippen molar-refractivity contribution in [3.05, 3.63) is 34.4 Å². The number of nitrogens with two attached hydrogens (primary N) is 1. The number of non-ortho nitro benzene ring substituents is 1. The summed E-state index contributed by atoms with van der Waals surface area (Å²) in [6, 6.07) is 5.91. The summed E-state index contributed by atoms with van der Waals surface area (Å²) >= 11 is 0. The van der Waals surface area contributed by atoms with E-state index in [2.05, 4.69) is 10.5 Å². The fourth-order valence-electron chi connectivity index (χ4n) is 0.880. The van der Waals surface area contributed by atoms with Gasteiger partial charge in [0.1, 0.15) is 0 Å². The third-order valence-electron chi connectivity index (χ3n) is 1.84. The van der Waals surface area contributed by atoms with E-state index in [-0.39, 0.29) is 5.69 Å². The summed E-state index contributed by atoms with van der Waals surface area (Å²) in [6.45, 7) is 0. The number of guanidine groups is 1. The SMILES string of the molecule is CN(C)C(N)=NNc1ccc([N+](=O)[O-])cc1. The van der Waals surface area contributed by atoms with E-state index >= 15 is 0 Å². The Morgan fingerprint density at radius 1 is 1.44 bits per heavy atom. The highest BCUT2D eigenvalue weighted by Gasteiger charge is 2.03. The van der Waals surface area contributed by atoms with E-state index in [9.17, 15) is 10.1 Å². The van der Waals surface area contributed by atoms with Gasteiger partial charge < -0.3 is 10.6 Å². The third kappa shape index (κ3) is 3.12. The number of hydrogen-bond donors (Lipinski definition) is 2. The number of nitrogens with zero attached hydrogens (tertiary/aromatic N) is 3. The zero-order chi connectivity index (χ0) is 12.1.